The van der Waals surface area contributed by atoms with Gasteiger partial charge >= 0.3 is 0 Å². The van der Waals surface area contributed by atoms with E-state index in [9.17, 15) is 9.59 Å². The summed E-state index contributed by atoms with van der Waals surface area (Å²) in [5, 5.41) is 11.7. The fourth-order valence-electron chi connectivity index (χ4n) is 1.92. The van der Waals surface area contributed by atoms with Gasteiger partial charge in [0.15, 0.2) is 0 Å². The molecular weight excluding hydrogens is 208 g/mol. The first-order valence-corrected chi connectivity index (χ1v) is 5.88. The number of carbonyl (C=O) groups is 2. The van der Waals surface area contributed by atoms with Crippen molar-refractivity contribution in [3.8, 4) is 0 Å². The van der Waals surface area contributed by atoms with E-state index < -0.39 is 6.04 Å². The Bertz CT molecular complexity index is 256. The van der Waals surface area contributed by atoms with Crippen LogP contribution < -0.4 is 5.32 Å². The first-order chi connectivity index (χ1) is 7.70. The van der Waals surface area contributed by atoms with Crippen LogP contribution in [0, 0.1) is 0 Å². The van der Waals surface area contributed by atoms with Gasteiger partial charge in [0.05, 0.1) is 0 Å². The van der Waals surface area contributed by atoms with Crippen LogP contribution in [0.25, 0.3) is 0 Å². The maximum atomic E-state index is 11.8. The van der Waals surface area contributed by atoms with Crippen molar-refractivity contribution >= 4 is 11.8 Å². The molecule has 1 saturated heterocycles. The molecule has 5 nitrogen and oxygen atoms in total. The van der Waals surface area contributed by atoms with Crippen molar-refractivity contribution in [1.82, 2.24) is 10.2 Å². The molecule has 2 amide bonds. The Morgan fingerprint density at radius 2 is 2.38 bits per heavy atom. The quantitative estimate of drug-likeness (QED) is 0.666. The second-order valence-corrected chi connectivity index (χ2v) is 4.01. The summed E-state index contributed by atoms with van der Waals surface area (Å²) in [6.07, 6.45) is 2.51. The highest BCUT2D eigenvalue weighted by Crippen LogP contribution is 2.15. The first-order valence-electron chi connectivity index (χ1n) is 5.88. The van der Waals surface area contributed by atoms with Crippen molar-refractivity contribution < 1.29 is 14.7 Å². The van der Waals surface area contributed by atoms with Gasteiger partial charge in [-0.05, 0) is 19.3 Å². The van der Waals surface area contributed by atoms with Crippen LogP contribution in [0.5, 0.6) is 0 Å². The maximum absolute atomic E-state index is 11.8. The summed E-state index contributed by atoms with van der Waals surface area (Å²) in [6.45, 7) is 3.14. The molecule has 1 atom stereocenters. The van der Waals surface area contributed by atoms with Crippen LogP contribution in [0.1, 0.15) is 32.6 Å². The molecule has 2 N–H and O–H groups in total. The Kier molecular flexibility index (Phi) is 5.25. The first kappa shape index (κ1) is 13.0. The van der Waals surface area contributed by atoms with Gasteiger partial charge < -0.3 is 15.3 Å². The average Bonchev–Trinajstić information content (AvgIpc) is 2.69. The minimum atomic E-state index is -0.494. The average molecular weight is 228 g/mol. The second kappa shape index (κ2) is 6.48. The van der Waals surface area contributed by atoms with Crippen molar-refractivity contribution in [3.63, 3.8) is 0 Å². The van der Waals surface area contributed by atoms with Gasteiger partial charge in [0.1, 0.15) is 6.04 Å². The number of hydrogen-bond donors (Lipinski definition) is 2. The normalized spacial score (nSPS) is 17.6. The summed E-state index contributed by atoms with van der Waals surface area (Å²) in [5.41, 5.74) is 0. The lowest BCUT2D eigenvalue weighted by Crippen LogP contribution is -2.48. The summed E-state index contributed by atoms with van der Waals surface area (Å²) in [7, 11) is 0. The Balaban J connectivity index is 2.58. The zero-order valence-corrected chi connectivity index (χ0v) is 9.74. The lowest BCUT2D eigenvalue weighted by molar-refractivity contribution is -0.138. The minimum Gasteiger partial charge on any atom is -0.396 e. The van der Waals surface area contributed by atoms with E-state index in [4.69, 9.17) is 5.11 Å². The summed E-state index contributed by atoms with van der Waals surface area (Å²) in [6, 6.07) is -0.494. The number of hydrogen-bond acceptors (Lipinski definition) is 3. The monoisotopic (exact) mass is 228 g/mol. The third-order valence-corrected chi connectivity index (χ3v) is 2.74. The van der Waals surface area contributed by atoms with Crippen molar-refractivity contribution in [3.05, 3.63) is 0 Å². The SMILES string of the molecule is CCCNC(=O)C(CCO)N1CCCC1=O. The van der Waals surface area contributed by atoms with Crippen molar-refractivity contribution in [2.45, 2.75) is 38.6 Å². The largest absolute Gasteiger partial charge is 0.396 e. The molecule has 0 radical (unpaired) electrons. The molecule has 0 aromatic rings. The lowest BCUT2D eigenvalue weighted by atomic mass is 10.1. The summed E-state index contributed by atoms with van der Waals surface area (Å²) >= 11 is 0. The van der Waals surface area contributed by atoms with Gasteiger partial charge in [-0.25, -0.2) is 0 Å². The molecule has 1 rings (SSSR count). The molecule has 1 aliphatic heterocycles. The highest BCUT2D eigenvalue weighted by Gasteiger charge is 2.31. The molecule has 0 saturated carbocycles. The minimum absolute atomic E-state index is 0.0186. The number of likely N-dealkylation sites (tertiary alicyclic amines) is 1. The third-order valence-electron chi connectivity index (χ3n) is 2.74. The van der Waals surface area contributed by atoms with Gasteiger partial charge in [-0.2, -0.15) is 0 Å². The summed E-state index contributed by atoms with van der Waals surface area (Å²) in [5.74, 6) is -0.128. The number of nitrogens with one attached hydrogen (secondary N) is 1. The van der Waals surface area contributed by atoms with Crippen molar-refractivity contribution in [2.75, 3.05) is 19.7 Å². The molecule has 5 heteroatoms. The van der Waals surface area contributed by atoms with Gasteiger partial charge in [0.2, 0.25) is 11.8 Å². The number of rotatable bonds is 6. The predicted octanol–water partition coefficient (Wildman–Crippen LogP) is -0.114. The lowest BCUT2D eigenvalue weighted by Gasteiger charge is -2.26. The molecule has 16 heavy (non-hydrogen) atoms. The van der Waals surface area contributed by atoms with Gasteiger partial charge in [0, 0.05) is 26.1 Å². The van der Waals surface area contributed by atoms with Crippen molar-refractivity contribution in [1.29, 1.82) is 0 Å². The second-order valence-electron chi connectivity index (χ2n) is 4.01. The van der Waals surface area contributed by atoms with E-state index in [1.165, 1.54) is 0 Å². The van der Waals surface area contributed by atoms with Gasteiger partial charge in [-0.1, -0.05) is 6.92 Å². The van der Waals surface area contributed by atoms with Crippen LogP contribution in [0.4, 0.5) is 0 Å². The molecule has 0 aromatic heterocycles. The predicted molar refractivity (Wildman–Crippen MR) is 59.7 cm³/mol. The van der Waals surface area contributed by atoms with Gasteiger partial charge in [-0.15, -0.1) is 0 Å². The van der Waals surface area contributed by atoms with E-state index in [1.807, 2.05) is 6.92 Å². The van der Waals surface area contributed by atoms with Crippen LogP contribution in [0.2, 0.25) is 0 Å². The van der Waals surface area contributed by atoms with E-state index in [0.29, 0.717) is 25.9 Å². The molecular formula is C11H20N2O3. The zero-order chi connectivity index (χ0) is 12.0. The highest BCUT2D eigenvalue weighted by molar-refractivity contribution is 5.88. The van der Waals surface area contributed by atoms with E-state index >= 15 is 0 Å². The van der Waals surface area contributed by atoms with E-state index in [2.05, 4.69) is 5.32 Å². The molecule has 0 aromatic carbocycles. The molecule has 1 aliphatic rings. The number of nitrogens with zero attached hydrogens (tertiary/aromatic N) is 1. The number of amides is 2. The van der Waals surface area contributed by atoms with Crippen LogP contribution in [-0.4, -0.2) is 47.6 Å². The number of aliphatic hydroxyl groups excluding tert-OH is 1. The van der Waals surface area contributed by atoms with Crippen molar-refractivity contribution in [2.24, 2.45) is 0 Å². The van der Waals surface area contributed by atoms with E-state index in [1.54, 1.807) is 4.90 Å². The number of carbonyl (C=O) groups excluding carboxylic acids is 2. The molecule has 1 heterocycles. The molecule has 1 fully saturated rings. The Labute approximate surface area is 95.8 Å². The standard InChI is InChI=1S/C11H20N2O3/c1-2-6-12-11(16)9(5-8-14)13-7-3-4-10(13)15/h9,14H,2-8H2,1H3,(H,12,16). The Morgan fingerprint density at radius 3 is 2.88 bits per heavy atom. The molecule has 1 unspecified atom stereocenters. The maximum Gasteiger partial charge on any atom is 0.242 e. The fourth-order valence-corrected chi connectivity index (χ4v) is 1.92. The van der Waals surface area contributed by atoms with E-state index in [-0.39, 0.29) is 18.4 Å². The molecule has 0 spiro atoms. The van der Waals surface area contributed by atoms with Crippen LogP contribution in [0.15, 0.2) is 0 Å². The Morgan fingerprint density at radius 1 is 1.62 bits per heavy atom. The third kappa shape index (κ3) is 3.20. The zero-order valence-electron chi connectivity index (χ0n) is 9.74. The summed E-state index contributed by atoms with van der Waals surface area (Å²) in [4.78, 5) is 24.9. The Hall–Kier alpha value is -1.10. The number of aliphatic hydroxyl groups is 1. The van der Waals surface area contributed by atoms with E-state index in [0.717, 1.165) is 12.8 Å². The fraction of sp³-hybridized carbons (Fsp3) is 0.818. The van der Waals surface area contributed by atoms with Gasteiger partial charge in [0.25, 0.3) is 0 Å². The topological polar surface area (TPSA) is 69.6 Å². The van der Waals surface area contributed by atoms with Gasteiger partial charge in [-0.3, -0.25) is 9.59 Å². The highest BCUT2D eigenvalue weighted by atomic mass is 16.3. The molecule has 92 valence electrons. The molecule has 0 aliphatic carbocycles. The van der Waals surface area contributed by atoms with Crippen LogP contribution in [0.3, 0.4) is 0 Å². The molecule has 0 bridgehead atoms. The van der Waals surface area contributed by atoms with Crippen LogP contribution >= 0.6 is 0 Å². The smallest absolute Gasteiger partial charge is 0.242 e. The van der Waals surface area contributed by atoms with Crippen LogP contribution in [-0.2, 0) is 9.59 Å². The summed E-state index contributed by atoms with van der Waals surface area (Å²) < 4.78 is 0.